The van der Waals surface area contributed by atoms with Gasteiger partial charge in [-0.1, -0.05) is 24.6 Å². The van der Waals surface area contributed by atoms with Gasteiger partial charge in [-0.25, -0.2) is 17.2 Å². The molecule has 0 heterocycles. The molecule has 0 aliphatic heterocycles. The van der Waals surface area contributed by atoms with Crippen molar-refractivity contribution in [3.8, 4) is 0 Å². The van der Waals surface area contributed by atoms with Crippen molar-refractivity contribution in [1.82, 2.24) is 0 Å². The predicted molar refractivity (Wildman–Crippen MR) is 69.8 cm³/mol. The van der Waals surface area contributed by atoms with Gasteiger partial charge in [0.25, 0.3) is 0 Å². The van der Waals surface area contributed by atoms with Gasteiger partial charge in [-0.3, -0.25) is 0 Å². The third-order valence-electron chi connectivity index (χ3n) is 2.65. The van der Waals surface area contributed by atoms with Gasteiger partial charge in [0.1, 0.15) is 6.61 Å². The van der Waals surface area contributed by atoms with E-state index in [2.05, 4.69) is 4.74 Å². The molecule has 0 amide bonds. The van der Waals surface area contributed by atoms with Crippen LogP contribution in [-0.2, 0) is 21.2 Å². The SMILES string of the molecule is CCS(=O)(=O)c1cccc(Cl)c1COCC(F)(F)C(F)F. The lowest BCUT2D eigenvalue weighted by Crippen LogP contribution is -2.32. The second kappa shape index (κ2) is 6.93. The van der Waals surface area contributed by atoms with E-state index in [9.17, 15) is 26.0 Å². The van der Waals surface area contributed by atoms with Crippen molar-refractivity contribution in [2.45, 2.75) is 30.8 Å². The Morgan fingerprint density at radius 3 is 2.48 bits per heavy atom. The van der Waals surface area contributed by atoms with E-state index < -0.39 is 35.4 Å². The first-order valence-electron chi connectivity index (χ1n) is 5.85. The summed E-state index contributed by atoms with van der Waals surface area (Å²) in [6, 6.07) is 4.01. The van der Waals surface area contributed by atoms with Crippen LogP contribution in [0.5, 0.6) is 0 Å². The zero-order valence-electron chi connectivity index (χ0n) is 11.0. The van der Waals surface area contributed by atoms with Crippen molar-refractivity contribution in [3.63, 3.8) is 0 Å². The molecule has 1 aromatic rings. The van der Waals surface area contributed by atoms with Crippen LogP contribution in [0, 0.1) is 0 Å². The molecule has 0 aromatic heterocycles. The summed E-state index contributed by atoms with van der Waals surface area (Å²) in [6.07, 6.45) is -3.86. The fourth-order valence-electron chi connectivity index (χ4n) is 1.48. The molecule has 0 aliphatic carbocycles. The summed E-state index contributed by atoms with van der Waals surface area (Å²) < 4.78 is 77.7. The van der Waals surface area contributed by atoms with Crippen LogP contribution >= 0.6 is 11.6 Å². The molecule has 0 saturated heterocycles. The Morgan fingerprint density at radius 2 is 1.95 bits per heavy atom. The minimum Gasteiger partial charge on any atom is -0.370 e. The molecule has 0 fully saturated rings. The van der Waals surface area contributed by atoms with Crippen LogP contribution < -0.4 is 0 Å². The van der Waals surface area contributed by atoms with Crippen LogP contribution in [0.1, 0.15) is 12.5 Å². The summed E-state index contributed by atoms with van der Waals surface area (Å²) in [6.45, 7) is -0.718. The molecular weight excluding hydrogens is 336 g/mol. The van der Waals surface area contributed by atoms with Crippen LogP contribution in [0.15, 0.2) is 23.1 Å². The van der Waals surface area contributed by atoms with Crippen molar-refractivity contribution in [2.24, 2.45) is 0 Å². The minimum atomic E-state index is -4.30. The molecule has 1 aromatic carbocycles. The van der Waals surface area contributed by atoms with E-state index in [1.54, 1.807) is 0 Å². The third-order valence-corrected chi connectivity index (χ3v) is 4.82. The number of rotatable bonds is 7. The Labute approximate surface area is 124 Å². The minimum absolute atomic E-state index is 0.00453. The van der Waals surface area contributed by atoms with E-state index >= 15 is 0 Å². The maximum absolute atomic E-state index is 12.7. The first-order chi connectivity index (χ1) is 9.62. The Bertz CT molecular complexity index is 590. The number of hydrogen-bond donors (Lipinski definition) is 0. The molecule has 0 bridgehead atoms. The average Bonchev–Trinajstić information content (AvgIpc) is 2.40. The van der Waals surface area contributed by atoms with Gasteiger partial charge in [-0.15, -0.1) is 0 Å². The van der Waals surface area contributed by atoms with E-state index in [0.717, 1.165) is 0 Å². The second-order valence-corrected chi connectivity index (χ2v) is 6.83. The molecule has 9 heteroatoms. The van der Waals surface area contributed by atoms with E-state index in [0.29, 0.717) is 0 Å². The fourth-order valence-corrected chi connectivity index (χ4v) is 2.90. The first kappa shape index (κ1) is 18.2. The van der Waals surface area contributed by atoms with E-state index in [1.807, 2.05) is 0 Å². The largest absolute Gasteiger partial charge is 0.370 e. The number of hydrogen-bond acceptors (Lipinski definition) is 3. The predicted octanol–water partition coefficient (Wildman–Crippen LogP) is 3.55. The lowest BCUT2D eigenvalue weighted by Gasteiger charge is -2.16. The second-order valence-electron chi connectivity index (χ2n) is 4.17. The van der Waals surface area contributed by atoms with Crippen LogP contribution in [0.4, 0.5) is 17.6 Å². The van der Waals surface area contributed by atoms with Crippen molar-refractivity contribution in [3.05, 3.63) is 28.8 Å². The number of sulfone groups is 1. The zero-order valence-corrected chi connectivity index (χ0v) is 12.5. The summed E-state index contributed by atoms with van der Waals surface area (Å²) in [5.41, 5.74) is -0.0221. The number of ether oxygens (including phenoxy) is 1. The highest BCUT2D eigenvalue weighted by molar-refractivity contribution is 7.91. The molecule has 0 aliphatic rings. The normalized spacial score (nSPS) is 12.9. The van der Waals surface area contributed by atoms with Gasteiger partial charge in [-0.2, -0.15) is 8.78 Å². The Morgan fingerprint density at radius 1 is 1.33 bits per heavy atom. The number of benzene rings is 1. The van der Waals surface area contributed by atoms with Crippen molar-refractivity contribution in [1.29, 1.82) is 0 Å². The lowest BCUT2D eigenvalue weighted by atomic mass is 10.2. The van der Waals surface area contributed by atoms with Crippen molar-refractivity contribution < 1.29 is 30.7 Å². The van der Waals surface area contributed by atoms with Crippen LogP contribution in [0.2, 0.25) is 5.02 Å². The van der Waals surface area contributed by atoms with Gasteiger partial charge in [0.2, 0.25) is 0 Å². The summed E-state index contributed by atoms with van der Waals surface area (Å²) in [7, 11) is -3.63. The Hall–Kier alpha value is -0.860. The quantitative estimate of drug-likeness (QED) is 0.708. The van der Waals surface area contributed by atoms with Crippen LogP contribution in [0.3, 0.4) is 0 Å². The summed E-state index contributed by atoms with van der Waals surface area (Å²) in [5.74, 6) is -4.52. The maximum Gasteiger partial charge on any atom is 0.330 e. The van der Waals surface area contributed by atoms with E-state index in [-0.39, 0.29) is 21.2 Å². The molecule has 3 nitrogen and oxygen atoms in total. The molecule has 0 N–H and O–H groups in total. The molecule has 0 unspecified atom stereocenters. The highest BCUT2D eigenvalue weighted by atomic mass is 35.5. The summed E-state index contributed by atoms with van der Waals surface area (Å²) in [4.78, 5) is -0.155. The Balaban J connectivity index is 2.95. The standard InChI is InChI=1S/C12H13ClF4O3S/c1-2-21(18,19)10-5-3-4-9(13)8(10)6-20-7-12(16,17)11(14)15/h3-5,11H,2,6-7H2,1H3. The van der Waals surface area contributed by atoms with E-state index in [1.165, 1.54) is 25.1 Å². The first-order valence-corrected chi connectivity index (χ1v) is 7.88. The molecule has 0 saturated carbocycles. The monoisotopic (exact) mass is 348 g/mol. The van der Waals surface area contributed by atoms with Crippen LogP contribution in [-0.4, -0.2) is 33.1 Å². The number of halogens is 5. The topological polar surface area (TPSA) is 43.4 Å². The van der Waals surface area contributed by atoms with Gasteiger partial charge in [0.15, 0.2) is 9.84 Å². The Kier molecular flexibility index (Phi) is 6.01. The van der Waals surface area contributed by atoms with E-state index in [4.69, 9.17) is 11.6 Å². The lowest BCUT2D eigenvalue weighted by molar-refractivity contribution is -0.168. The molecule has 0 atom stereocenters. The summed E-state index contributed by atoms with van der Waals surface area (Å²) in [5, 5.41) is 0.00453. The van der Waals surface area contributed by atoms with Gasteiger partial charge in [-0.05, 0) is 12.1 Å². The summed E-state index contributed by atoms with van der Waals surface area (Å²) >= 11 is 5.82. The molecular formula is C12H13ClF4O3S. The van der Waals surface area contributed by atoms with Crippen LogP contribution in [0.25, 0.3) is 0 Å². The van der Waals surface area contributed by atoms with Gasteiger partial charge in [0, 0.05) is 10.6 Å². The number of alkyl halides is 4. The highest BCUT2D eigenvalue weighted by Crippen LogP contribution is 2.28. The molecule has 0 spiro atoms. The zero-order chi connectivity index (χ0) is 16.3. The average molecular weight is 349 g/mol. The molecule has 0 radical (unpaired) electrons. The maximum atomic E-state index is 12.7. The van der Waals surface area contributed by atoms with Gasteiger partial charge < -0.3 is 4.74 Å². The van der Waals surface area contributed by atoms with Gasteiger partial charge >= 0.3 is 12.3 Å². The fraction of sp³-hybridized carbons (Fsp3) is 0.500. The highest BCUT2D eigenvalue weighted by Gasteiger charge is 2.41. The third kappa shape index (κ3) is 4.55. The van der Waals surface area contributed by atoms with Gasteiger partial charge in [0.05, 0.1) is 17.3 Å². The smallest absolute Gasteiger partial charge is 0.330 e. The van der Waals surface area contributed by atoms with Crippen molar-refractivity contribution in [2.75, 3.05) is 12.4 Å². The molecule has 1 rings (SSSR count). The molecule has 120 valence electrons. The molecule has 21 heavy (non-hydrogen) atoms. The van der Waals surface area contributed by atoms with Crippen molar-refractivity contribution >= 4 is 21.4 Å².